The zero-order valence-electron chi connectivity index (χ0n) is 11.0. The van der Waals surface area contributed by atoms with Crippen LogP contribution in [0.1, 0.15) is 35.9 Å². The second-order valence-corrected chi connectivity index (χ2v) is 4.02. The number of hydrogen-bond donors (Lipinski definition) is 1. The van der Waals surface area contributed by atoms with E-state index in [-0.39, 0.29) is 12.2 Å². The molecular weight excluding hydrogens is 299 g/mol. The highest BCUT2D eigenvalue weighted by atomic mass is 19.4. The van der Waals surface area contributed by atoms with Crippen LogP contribution in [-0.2, 0) is 28.7 Å². The number of alkyl halides is 5. The van der Waals surface area contributed by atoms with Crippen molar-refractivity contribution in [3.63, 3.8) is 0 Å². The maximum absolute atomic E-state index is 12.9. The van der Waals surface area contributed by atoms with Crippen LogP contribution in [0, 0.1) is 0 Å². The Morgan fingerprint density at radius 2 is 2.05 bits per heavy atom. The summed E-state index contributed by atoms with van der Waals surface area (Å²) in [6.07, 6.45) is -8.71. The first-order chi connectivity index (χ1) is 9.70. The number of hydrogen-bond acceptors (Lipinski definition) is 4. The van der Waals surface area contributed by atoms with E-state index >= 15 is 0 Å². The maximum Gasteiger partial charge on any atom is 0.433 e. The first-order valence-corrected chi connectivity index (χ1v) is 5.94. The molecule has 0 saturated heterocycles. The molecule has 4 nitrogen and oxygen atoms in total. The molecule has 0 spiro atoms. The fourth-order valence-corrected chi connectivity index (χ4v) is 1.75. The second kappa shape index (κ2) is 6.79. The third kappa shape index (κ3) is 4.35. The fourth-order valence-electron chi connectivity index (χ4n) is 1.75. The molecule has 0 aromatic carbocycles. The highest BCUT2D eigenvalue weighted by Gasteiger charge is 2.37. The predicted octanol–water partition coefficient (Wildman–Crippen LogP) is 2.60. The third-order valence-corrected chi connectivity index (χ3v) is 2.57. The van der Waals surface area contributed by atoms with Crippen molar-refractivity contribution in [3.05, 3.63) is 28.6 Å². The first kappa shape index (κ1) is 17.3. The van der Waals surface area contributed by atoms with Gasteiger partial charge >= 0.3 is 12.1 Å². The van der Waals surface area contributed by atoms with Gasteiger partial charge in [0, 0.05) is 12.1 Å². The Kier molecular flexibility index (Phi) is 5.59. The van der Waals surface area contributed by atoms with Crippen LogP contribution >= 0.6 is 0 Å². The zero-order valence-corrected chi connectivity index (χ0v) is 11.0. The van der Waals surface area contributed by atoms with Crippen LogP contribution in [0.3, 0.4) is 0 Å². The molecule has 9 heteroatoms. The average Bonchev–Trinajstić information content (AvgIpc) is 2.36. The first-order valence-electron chi connectivity index (χ1n) is 5.94. The number of aromatic nitrogens is 1. The molecule has 2 N–H and O–H groups in total. The van der Waals surface area contributed by atoms with E-state index in [0.29, 0.717) is 0 Å². The second-order valence-electron chi connectivity index (χ2n) is 4.02. The van der Waals surface area contributed by atoms with Crippen LogP contribution < -0.4 is 5.73 Å². The Morgan fingerprint density at radius 1 is 1.43 bits per heavy atom. The fraction of sp³-hybridized carbons (Fsp3) is 0.500. The number of nitrogens with two attached hydrogens (primary N) is 1. The molecule has 1 rings (SSSR count). The highest BCUT2D eigenvalue weighted by molar-refractivity contribution is 5.73. The van der Waals surface area contributed by atoms with Crippen molar-refractivity contribution < 1.29 is 31.5 Å². The van der Waals surface area contributed by atoms with Gasteiger partial charge in [0.25, 0.3) is 6.43 Å². The van der Waals surface area contributed by atoms with Gasteiger partial charge in [-0.1, -0.05) is 0 Å². The van der Waals surface area contributed by atoms with Gasteiger partial charge < -0.3 is 10.5 Å². The number of halogens is 5. The van der Waals surface area contributed by atoms with E-state index in [1.807, 2.05) is 0 Å². The van der Waals surface area contributed by atoms with Crippen molar-refractivity contribution in [3.8, 4) is 0 Å². The summed E-state index contributed by atoms with van der Waals surface area (Å²) in [5.74, 6) is -0.827. The van der Waals surface area contributed by atoms with E-state index in [4.69, 9.17) is 5.73 Å². The normalized spacial score (nSPS) is 11.8. The molecule has 21 heavy (non-hydrogen) atoms. The maximum atomic E-state index is 12.9. The minimum absolute atomic E-state index is 0.0235. The van der Waals surface area contributed by atoms with Gasteiger partial charge in [-0.15, -0.1) is 0 Å². The molecule has 118 valence electrons. The number of ether oxygens (including phenoxy) is 1. The van der Waals surface area contributed by atoms with Gasteiger partial charge in [-0.25, -0.2) is 13.8 Å². The summed E-state index contributed by atoms with van der Waals surface area (Å²) >= 11 is 0. The summed E-state index contributed by atoms with van der Waals surface area (Å²) in [4.78, 5) is 14.3. The number of pyridine rings is 1. The third-order valence-electron chi connectivity index (χ3n) is 2.57. The van der Waals surface area contributed by atoms with Gasteiger partial charge in [0.15, 0.2) is 0 Å². The van der Waals surface area contributed by atoms with Crippen LogP contribution in [0.4, 0.5) is 22.0 Å². The highest BCUT2D eigenvalue weighted by Crippen LogP contribution is 2.34. The standard InChI is InChI=1S/C12H13F5N2O2/c1-2-21-9(20)4-6-3-8(11(13)14)19-10(7(6)5-18)12(15,16)17/h3,11H,2,4-5,18H2,1H3. The van der Waals surface area contributed by atoms with Gasteiger partial charge in [0.05, 0.1) is 13.0 Å². The van der Waals surface area contributed by atoms with Crippen molar-refractivity contribution in [2.75, 3.05) is 6.61 Å². The number of rotatable bonds is 5. The lowest BCUT2D eigenvalue weighted by Gasteiger charge is -2.16. The number of carbonyl (C=O) groups is 1. The average molecular weight is 312 g/mol. The lowest BCUT2D eigenvalue weighted by molar-refractivity contribution is -0.144. The van der Waals surface area contributed by atoms with Crippen molar-refractivity contribution in [1.29, 1.82) is 0 Å². The largest absolute Gasteiger partial charge is 0.466 e. The lowest BCUT2D eigenvalue weighted by Crippen LogP contribution is -2.20. The van der Waals surface area contributed by atoms with E-state index in [1.165, 1.54) is 6.92 Å². The number of carbonyl (C=O) groups excluding carboxylic acids is 1. The molecule has 1 heterocycles. The van der Waals surface area contributed by atoms with Crippen molar-refractivity contribution in [2.24, 2.45) is 5.73 Å². The molecule has 0 aliphatic rings. The van der Waals surface area contributed by atoms with Crippen LogP contribution in [0.5, 0.6) is 0 Å². The summed E-state index contributed by atoms with van der Waals surface area (Å²) in [5.41, 5.74) is 1.95. The van der Waals surface area contributed by atoms with Gasteiger partial charge in [-0.3, -0.25) is 4.79 Å². The molecule has 0 bridgehead atoms. The van der Waals surface area contributed by atoms with E-state index < -0.39 is 48.5 Å². The van der Waals surface area contributed by atoms with Crippen LogP contribution in [0.15, 0.2) is 6.07 Å². The Balaban J connectivity index is 3.38. The molecular formula is C12H13F5N2O2. The van der Waals surface area contributed by atoms with Gasteiger partial charge in [0.2, 0.25) is 0 Å². The summed E-state index contributed by atoms with van der Waals surface area (Å²) < 4.78 is 68.5. The van der Waals surface area contributed by atoms with Crippen molar-refractivity contribution in [1.82, 2.24) is 4.98 Å². The summed E-state index contributed by atoms with van der Waals surface area (Å²) in [6, 6.07) is 0.749. The summed E-state index contributed by atoms with van der Waals surface area (Å²) in [7, 11) is 0. The van der Waals surface area contributed by atoms with Crippen LogP contribution in [0.2, 0.25) is 0 Å². The Morgan fingerprint density at radius 3 is 2.48 bits per heavy atom. The van der Waals surface area contributed by atoms with E-state index in [1.54, 1.807) is 0 Å². The van der Waals surface area contributed by atoms with Crippen LogP contribution in [-0.4, -0.2) is 17.6 Å². The SMILES string of the molecule is CCOC(=O)Cc1cc(C(F)F)nc(C(F)(F)F)c1CN. The monoisotopic (exact) mass is 312 g/mol. The quantitative estimate of drug-likeness (QED) is 0.670. The number of nitrogens with zero attached hydrogens (tertiary/aromatic N) is 1. The van der Waals surface area contributed by atoms with E-state index in [2.05, 4.69) is 9.72 Å². The molecule has 0 amide bonds. The Hall–Kier alpha value is -1.77. The molecule has 0 aliphatic heterocycles. The lowest BCUT2D eigenvalue weighted by atomic mass is 10.0. The predicted molar refractivity (Wildman–Crippen MR) is 62.4 cm³/mol. The molecule has 0 aliphatic carbocycles. The smallest absolute Gasteiger partial charge is 0.433 e. The van der Waals surface area contributed by atoms with E-state index in [0.717, 1.165) is 6.07 Å². The molecule has 0 unspecified atom stereocenters. The molecule has 0 fully saturated rings. The van der Waals surface area contributed by atoms with Crippen molar-refractivity contribution >= 4 is 5.97 Å². The summed E-state index contributed by atoms with van der Waals surface area (Å²) in [6.45, 7) is 0.954. The van der Waals surface area contributed by atoms with Crippen LogP contribution in [0.25, 0.3) is 0 Å². The number of esters is 1. The molecule has 1 aromatic heterocycles. The van der Waals surface area contributed by atoms with E-state index in [9.17, 15) is 26.7 Å². The van der Waals surface area contributed by atoms with Crippen molar-refractivity contribution in [2.45, 2.75) is 32.5 Å². The zero-order chi connectivity index (χ0) is 16.2. The molecule has 0 radical (unpaired) electrons. The Labute approximate surface area is 117 Å². The Bertz CT molecular complexity index is 517. The molecule has 0 saturated carbocycles. The van der Waals surface area contributed by atoms with Gasteiger partial charge in [-0.2, -0.15) is 13.2 Å². The summed E-state index contributed by atoms with van der Waals surface area (Å²) in [5, 5.41) is 0. The van der Waals surface area contributed by atoms with Gasteiger partial charge in [-0.05, 0) is 18.6 Å². The minimum atomic E-state index is -4.94. The minimum Gasteiger partial charge on any atom is -0.466 e. The molecule has 1 aromatic rings. The molecule has 0 atom stereocenters. The van der Waals surface area contributed by atoms with Gasteiger partial charge in [0.1, 0.15) is 11.4 Å². The topological polar surface area (TPSA) is 65.2 Å².